The van der Waals surface area contributed by atoms with Gasteiger partial charge in [0.05, 0.1) is 16.9 Å². The van der Waals surface area contributed by atoms with Gasteiger partial charge in [0.25, 0.3) is 0 Å². The van der Waals surface area contributed by atoms with Crippen LogP contribution in [0.25, 0.3) is 0 Å². The Morgan fingerprint density at radius 1 is 1.31 bits per heavy atom. The Balaban J connectivity index is 0.00000338. The molecule has 1 aliphatic heterocycles. The van der Waals surface area contributed by atoms with Crippen molar-refractivity contribution < 1.29 is 22.9 Å². The van der Waals surface area contributed by atoms with E-state index in [0.29, 0.717) is 0 Å². The van der Waals surface area contributed by atoms with Gasteiger partial charge in [0.2, 0.25) is 15.9 Å². The molecule has 26 heavy (non-hydrogen) atoms. The first-order chi connectivity index (χ1) is 11.8. The molecule has 0 saturated carbocycles. The van der Waals surface area contributed by atoms with Gasteiger partial charge in [-0.1, -0.05) is 0 Å². The van der Waals surface area contributed by atoms with Crippen molar-refractivity contribution in [2.75, 3.05) is 39.8 Å². The van der Waals surface area contributed by atoms with Crippen LogP contribution in [0.2, 0.25) is 0 Å². The van der Waals surface area contributed by atoms with E-state index < -0.39 is 20.6 Å². The summed E-state index contributed by atoms with van der Waals surface area (Å²) in [6.07, 6.45) is 0.220. The van der Waals surface area contributed by atoms with Crippen LogP contribution >= 0.6 is 12.4 Å². The number of sulfonamides is 1. The van der Waals surface area contributed by atoms with E-state index in [1.54, 1.807) is 4.90 Å². The van der Waals surface area contributed by atoms with Crippen molar-refractivity contribution in [2.45, 2.75) is 11.3 Å². The number of ether oxygens (including phenoxy) is 1. The second-order valence-corrected chi connectivity index (χ2v) is 7.35. The topological polar surface area (TPSA) is 136 Å². The van der Waals surface area contributed by atoms with Crippen molar-refractivity contribution >= 4 is 34.0 Å². The molecule has 0 unspecified atom stereocenters. The van der Waals surface area contributed by atoms with Crippen molar-refractivity contribution in [2.24, 2.45) is 5.73 Å². The summed E-state index contributed by atoms with van der Waals surface area (Å²) in [5.74, 6) is -0.124. The molecule has 1 amide bonds. The molecular weight excluding hydrogens is 388 g/mol. The quantitative estimate of drug-likeness (QED) is 0.524. The zero-order valence-electron chi connectivity index (χ0n) is 14.2. The number of nitro benzene ring substituents is 1. The maximum absolute atomic E-state index is 12.7. The Morgan fingerprint density at radius 3 is 2.42 bits per heavy atom. The highest BCUT2D eigenvalue weighted by molar-refractivity contribution is 7.89. The van der Waals surface area contributed by atoms with E-state index in [9.17, 15) is 23.3 Å². The number of piperazine rings is 1. The number of halogens is 1. The summed E-state index contributed by atoms with van der Waals surface area (Å²) in [6.45, 7) is 1.01. The number of nitrogens with two attached hydrogens (primary N) is 1. The third kappa shape index (κ3) is 4.61. The first-order valence-electron chi connectivity index (χ1n) is 7.61. The molecule has 0 bridgehead atoms. The van der Waals surface area contributed by atoms with Crippen LogP contribution in [0, 0.1) is 10.1 Å². The number of rotatable bonds is 6. The summed E-state index contributed by atoms with van der Waals surface area (Å²) in [5.41, 5.74) is 4.94. The lowest BCUT2D eigenvalue weighted by molar-refractivity contribution is -0.386. The minimum absolute atomic E-state index is 0. The lowest BCUT2D eigenvalue weighted by atomic mass is 10.3. The normalized spacial score (nSPS) is 15.2. The van der Waals surface area contributed by atoms with E-state index in [-0.39, 0.29) is 68.1 Å². The zero-order valence-corrected chi connectivity index (χ0v) is 15.8. The molecule has 2 N–H and O–H groups in total. The van der Waals surface area contributed by atoms with Crippen LogP contribution in [0.15, 0.2) is 23.1 Å². The Labute approximate surface area is 157 Å². The largest absolute Gasteiger partial charge is 0.490 e. The summed E-state index contributed by atoms with van der Waals surface area (Å²) >= 11 is 0. The summed E-state index contributed by atoms with van der Waals surface area (Å²) in [7, 11) is -2.62. The van der Waals surface area contributed by atoms with Gasteiger partial charge in [-0.3, -0.25) is 14.9 Å². The zero-order chi connectivity index (χ0) is 18.6. The van der Waals surface area contributed by atoms with E-state index in [2.05, 4.69) is 0 Å². The fourth-order valence-electron chi connectivity index (χ4n) is 2.58. The molecule has 146 valence electrons. The Kier molecular flexibility index (Phi) is 7.75. The Morgan fingerprint density at radius 2 is 1.92 bits per heavy atom. The number of amides is 1. The van der Waals surface area contributed by atoms with Crippen LogP contribution in [0.5, 0.6) is 5.75 Å². The second kappa shape index (κ2) is 9.12. The Bertz CT molecular complexity index is 765. The van der Waals surface area contributed by atoms with Crippen LogP contribution in [0.1, 0.15) is 6.42 Å². The first kappa shape index (κ1) is 22.1. The molecule has 0 radical (unpaired) electrons. The Hall–Kier alpha value is -1.95. The summed E-state index contributed by atoms with van der Waals surface area (Å²) in [5, 5.41) is 11.1. The highest BCUT2D eigenvalue weighted by Gasteiger charge is 2.31. The van der Waals surface area contributed by atoms with Crippen molar-refractivity contribution in [1.29, 1.82) is 0 Å². The molecule has 1 heterocycles. The molecule has 1 aromatic carbocycles. The SMILES string of the molecule is COc1ccc(S(=O)(=O)N2CCN(C(=O)CCN)CC2)cc1[N+](=O)[O-].Cl. The maximum atomic E-state index is 12.7. The standard InChI is InChI=1S/C14H20N4O6S.ClH/c1-24-13-3-2-11(10-12(13)18(20)21)25(22,23)17-8-6-16(7-9-17)14(19)4-5-15;/h2-3,10H,4-9,15H2,1H3;1H. The highest BCUT2D eigenvalue weighted by atomic mass is 35.5. The molecule has 1 aliphatic rings. The van der Waals surface area contributed by atoms with Gasteiger partial charge in [-0.2, -0.15) is 4.31 Å². The molecular formula is C14H21ClN4O6S. The number of benzene rings is 1. The van der Waals surface area contributed by atoms with Crippen LogP contribution < -0.4 is 10.5 Å². The molecule has 1 aromatic rings. The smallest absolute Gasteiger partial charge is 0.312 e. The summed E-state index contributed by atoms with van der Waals surface area (Å²) in [6, 6.07) is 3.51. The van der Waals surface area contributed by atoms with Gasteiger partial charge < -0.3 is 15.4 Å². The highest BCUT2D eigenvalue weighted by Crippen LogP contribution is 2.30. The molecule has 0 aliphatic carbocycles. The van der Waals surface area contributed by atoms with Gasteiger partial charge in [-0.05, 0) is 12.1 Å². The number of nitro groups is 1. The lowest BCUT2D eigenvalue weighted by Gasteiger charge is -2.34. The van der Waals surface area contributed by atoms with Crippen molar-refractivity contribution in [3.05, 3.63) is 28.3 Å². The monoisotopic (exact) mass is 408 g/mol. The van der Waals surface area contributed by atoms with E-state index in [0.717, 1.165) is 6.07 Å². The first-order valence-corrected chi connectivity index (χ1v) is 9.05. The molecule has 0 atom stereocenters. The fourth-order valence-corrected chi connectivity index (χ4v) is 4.02. The van der Waals surface area contributed by atoms with Crippen LogP contribution in [0.4, 0.5) is 5.69 Å². The average molecular weight is 409 g/mol. The molecule has 0 spiro atoms. The number of nitrogens with zero attached hydrogens (tertiary/aromatic N) is 3. The van der Waals surface area contributed by atoms with Crippen LogP contribution in [-0.4, -0.2) is 68.3 Å². The van der Waals surface area contributed by atoms with Crippen LogP contribution in [0.3, 0.4) is 0 Å². The van der Waals surface area contributed by atoms with Gasteiger partial charge >= 0.3 is 5.69 Å². The third-order valence-electron chi connectivity index (χ3n) is 3.93. The average Bonchev–Trinajstić information content (AvgIpc) is 2.61. The van der Waals surface area contributed by atoms with E-state index in [1.807, 2.05) is 0 Å². The molecule has 10 nitrogen and oxygen atoms in total. The van der Waals surface area contributed by atoms with E-state index in [4.69, 9.17) is 10.5 Å². The van der Waals surface area contributed by atoms with E-state index >= 15 is 0 Å². The molecule has 1 saturated heterocycles. The second-order valence-electron chi connectivity index (χ2n) is 5.41. The maximum Gasteiger partial charge on any atom is 0.312 e. The minimum atomic E-state index is -3.89. The molecule has 2 rings (SSSR count). The van der Waals surface area contributed by atoms with Crippen molar-refractivity contribution in [3.63, 3.8) is 0 Å². The van der Waals surface area contributed by atoms with Crippen molar-refractivity contribution in [3.8, 4) is 5.75 Å². The van der Waals surface area contributed by atoms with Gasteiger partial charge in [0.1, 0.15) is 0 Å². The minimum Gasteiger partial charge on any atom is -0.490 e. The number of carbonyl (C=O) groups excluding carboxylic acids is 1. The number of hydrogen-bond donors (Lipinski definition) is 1. The van der Waals surface area contributed by atoms with Crippen molar-refractivity contribution in [1.82, 2.24) is 9.21 Å². The molecule has 12 heteroatoms. The predicted molar refractivity (Wildman–Crippen MR) is 95.9 cm³/mol. The van der Waals surface area contributed by atoms with E-state index in [1.165, 1.54) is 23.5 Å². The molecule has 0 aromatic heterocycles. The molecule has 1 fully saturated rings. The van der Waals surface area contributed by atoms with Gasteiger partial charge in [0.15, 0.2) is 5.75 Å². The third-order valence-corrected chi connectivity index (χ3v) is 5.83. The van der Waals surface area contributed by atoms with Gasteiger partial charge in [0, 0.05) is 45.2 Å². The predicted octanol–water partition coefficient (Wildman–Crippen LogP) is 0.207. The lowest BCUT2D eigenvalue weighted by Crippen LogP contribution is -2.50. The number of carbonyl (C=O) groups is 1. The number of methoxy groups -OCH3 is 1. The number of hydrogen-bond acceptors (Lipinski definition) is 7. The fraction of sp³-hybridized carbons (Fsp3) is 0.500. The van der Waals surface area contributed by atoms with Gasteiger partial charge in [-0.25, -0.2) is 8.42 Å². The van der Waals surface area contributed by atoms with Gasteiger partial charge in [-0.15, -0.1) is 12.4 Å². The summed E-state index contributed by atoms with van der Waals surface area (Å²) in [4.78, 5) is 23.6. The summed E-state index contributed by atoms with van der Waals surface area (Å²) < 4.78 is 31.5. The van der Waals surface area contributed by atoms with Crippen LogP contribution in [-0.2, 0) is 14.8 Å².